The van der Waals surface area contributed by atoms with Crippen molar-refractivity contribution in [3.05, 3.63) is 45.8 Å². The third-order valence-electron chi connectivity index (χ3n) is 5.48. The third kappa shape index (κ3) is 4.05. The third-order valence-corrected chi connectivity index (χ3v) is 5.96. The highest BCUT2D eigenvalue weighted by Gasteiger charge is 2.42. The summed E-state index contributed by atoms with van der Waals surface area (Å²) >= 11 is 12.1. The van der Waals surface area contributed by atoms with Crippen molar-refractivity contribution in [3.63, 3.8) is 0 Å². The van der Waals surface area contributed by atoms with Crippen LogP contribution in [0.5, 0.6) is 5.75 Å². The Balaban J connectivity index is 1.46. The fourth-order valence-electron chi connectivity index (χ4n) is 3.73. The van der Waals surface area contributed by atoms with E-state index >= 15 is 0 Å². The van der Waals surface area contributed by atoms with Crippen molar-refractivity contribution in [2.75, 3.05) is 29.9 Å². The van der Waals surface area contributed by atoms with Gasteiger partial charge in [0.05, 0.1) is 15.7 Å². The Morgan fingerprint density at radius 3 is 2.90 bits per heavy atom. The summed E-state index contributed by atoms with van der Waals surface area (Å²) in [5.41, 5.74) is -0.856. The lowest BCUT2D eigenvalue weighted by Gasteiger charge is -2.42. The van der Waals surface area contributed by atoms with Crippen LogP contribution in [0.2, 0.25) is 10.0 Å². The normalized spacial score (nSPS) is 23.7. The molecule has 0 saturated carbocycles. The van der Waals surface area contributed by atoms with Gasteiger partial charge < -0.3 is 25.2 Å². The maximum atomic E-state index is 14.0. The van der Waals surface area contributed by atoms with Crippen molar-refractivity contribution in [3.8, 4) is 5.75 Å². The van der Waals surface area contributed by atoms with Crippen LogP contribution < -0.4 is 15.0 Å². The summed E-state index contributed by atoms with van der Waals surface area (Å²) in [6.45, 7) is 0.310. The first-order valence-electron chi connectivity index (χ1n) is 9.47. The van der Waals surface area contributed by atoms with Gasteiger partial charge in [0, 0.05) is 31.3 Å². The molecule has 2 aliphatic rings. The van der Waals surface area contributed by atoms with Crippen LogP contribution in [0.4, 0.5) is 15.9 Å². The van der Waals surface area contributed by atoms with Gasteiger partial charge in [-0.1, -0.05) is 23.2 Å². The molecule has 1 aromatic carbocycles. The summed E-state index contributed by atoms with van der Waals surface area (Å²) in [6, 6.07) is 4.24. The van der Waals surface area contributed by atoms with Crippen molar-refractivity contribution in [1.82, 2.24) is 4.98 Å². The van der Waals surface area contributed by atoms with Crippen molar-refractivity contribution in [2.45, 2.75) is 31.0 Å². The van der Waals surface area contributed by atoms with Crippen molar-refractivity contribution < 1.29 is 24.1 Å². The van der Waals surface area contributed by atoms with E-state index in [2.05, 4.69) is 10.3 Å². The van der Waals surface area contributed by atoms with E-state index in [0.717, 1.165) is 0 Å². The second-order valence-corrected chi connectivity index (χ2v) is 8.35. The molecule has 0 spiro atoms. The SMILES string of the molecule is O=C1CCc2c(OC[C@@]3(O)CCN(c4ncc(Cl)cc4Cl)C[C@H]3O)ccc(F)c2N1. The maximum Gasteiger partial charge on any atom is 0.224 e. The summed E-state index contributed by atoms with van der Waals surface area (Å²) in [7, 11) is 0. The molecule has 0 unspecified atom stereocenters. The molecule has 1 amide bonds. The van der Waals surface area contributed by atoms with Crippen LogP contribution in [-0.2, 0) is 11.2 Å². The summed E-state index contributed by atoms with van der Waals surface area (Å²) in [5, 5.41) is 24.9. The highest BCUT2D eigenvalue weighted by molar-refractivity contribution is 6.36. The van der Waals surface area contributed by atoms with Crippen LogP contribution in [0.3, 0.4) is 0 Å². The van der Waals surface area contributed by atoms with Crippen LogP contribution in [-0.4, -0.2) is 52.5 Å². The van der Waals surface area contributed by atoms with Crippen molar-refractivity contribution >= 4 is 40.6 Å². The van der Waals surface area contributed by atoms with E-state index in [1.165, 1.54) is 18.3 Å². The number of halogens is 3. The van der Waals surface area contributed by atoms with Gasteiger partial charge in [-0.2, -0.15) is 0 Å². The van der Waals surface area contributed by atoms with Gasteiger partial charge in [0.2, 0.25) is 5.91 Å². The number of aliphatic hydroxyl groups excluding tert-OH is 1. The lowest BCUT2D eigenvalue weighted by Crippen LogP contribution is -2.58. The Kier molecular flexibility index (Phi) is 5.76. The number of nitrogens with one attached hydrogen (secondary N) is 1. The number of hydrogen-bond donors (Lipinski definition) is 3. The first-order chi connectivity index (χ1) is 14.3. The Hall–Kier alpha value is -2.13. The van der Waals surface area contributed by atoms with Crippen molar-refractivity contribution in [1.29, 1.82) is 0 Å². The van der Waals surface area contributed by atoms with Gasteiger partial charge in [-0.25, -0.2) is 9.37 Å². The van der Waals surface area contributed by atoms with Crippen LogP contribution in [0.1, 0.15) is 18.4 Å². The first kappa shape index (κ1) is 21.1. The summed E-state index contributed by atoms with van der Waals surface area (Å²) in [4.78, 5) is 17.5. The summed E-state index contributed by atoms with van der Waals surface area (Å²) in [5.74, 6) is 0.0579. The number of aliphatic hydroxyl groups is 2. The van der Waals surface area contributed by atoms with Gasteiger partial charge >= 0.3 is 0 Å². The quantitative estimate of drug-likeness (QED) is 0.655. The number of benzene rings is 1. The number of rotatable bonds is 4. The molecule has 0 bridgehead atoms. The average molecular weight is 456 g/mol. The zero-order valence-corrected chi connectivity index (χ0v) is 17.4. The largest absolute Gasteiger partial charge is 0.490 e. The highest BCUT2D eigenvalue weighted by atomic mass is 35.5. The first-order valence-corrected chi connectivity index (χ1v) is 10.2. The molecule has 160 valence electrons. The number of anilines is 2. The van der Waals surface area contributed by atoms with Crippen LogP contribution >= 0.6 is 23.2 Å². The zero-order chi connectivity index (χ0) is 21.5. The average Bonchev–Trinajstić information content (AvgIpc) is 2.70. The molecule has 1 fully saturated rings. The monoisotopic (exact) mass is 455 g/mol. The number of β-amino-alcohol motifs (C(OH)–C–C–N with tert-alkyl or cyclic N) is 1. The summed E-state index contributed by atoms with van der Waals surface area (Å²) < 4.78 is 19.8. The highest BCUT2D eigenvalue weighted by Crippen LogP contribution is 2.35. The van der Waals surface area contributed by atoms with Gasteiger partial charge in [-0.15, -0.1) is 0 Å². The number of fused-ring (bicyclic) bond motifs is 1. The van der Waals surface area contributed by atoms with Gasteiger partial charge in [-0.05, 0) is 31.0 Å². The molecule has 1 aromatic heterocycles. The Bertz CT molecular complexity index is 993. The van der Waals surface area contributed by atoms with Gasteiger partial charge in [-0.3, -0.25) is 4.79 Å². The number of piperidine rings is 1. The van der Waals surface area contributed by atoms with E-state index in [0.29, 0.717) is 40.1 Å². The van der Waals surface area contributed by atoms with E-state index in [9.17, 15) is 19.4 Å². The second-order valence-electron chi connectivity index (χ2n) is 7.51. The van der Waals surface area contributed by atoms with E-state index < -0.39 is 17.5 Å². The molecule has 30 heavy (non-hydrogen) atoms. The predicted octanol–water partition coefficient (Wildman–Crippen LogP) is 2.79. The Labute approximate surface area is 182 Å². The minimum absolute atomic E-state index is 0.103. The van der Waals surface area contributed by atoms with E-state index in [1.807, 2.05) is 0 Å². The fraction of sp³-hybridized carbons (Fsp3) is 0.400. The van der Waals surface area contributed by atoms with Gasteiger partial charge in [0.15, 0.2) is 0 Å². The fourth-order valence-corrected chi connectivity index (χ4v) is 4.23. The number of amides is 1. The molecule has 0 radical (unpaired) electrons. The minimum Gasteiger partial charge on any atom is -0.490 e. The molecule has 2 aromatic rings. The molecule has 7 nitrogen and oxygen atoms in total. The number of pyridine rings is 1. The van der Waals surface area contributed by atoms with Crippen LogP contribution in [0, 0.1) is 5.82 Å². The van der Waals surface area contributed by atoms with E-state index in [1.54, 1.807) is 11.0 Å². The molecule has 2 atom stereocenters. The number of aromatic nitrogens is 1. The summed E-state index contributed by atoms with van der Waals surface area (Å²) in [6.07, 6.45) is 1.10. The topological polar surface area (TPSA) is 94.9 Å². The van der Waals surface area contributed by atoms with E-state index in [4.69, 9.17) is 27.9 Å². The molecule has 0 aliphatic carbocycles. The minimum atomic E-state index is -1.51. The van der Waals surface area contributed by atoms with Crippen LogP contribution in [0.15, 0.2) is 24.4 Å². The standard InChI is InChI=1S/C20H20Cl2FN3O4/c21-11-7-13(22)19(24-8-11)26-6-5-20(29,16(27)9-26)10-30-15-3-2-14(23)18-12(15)1-4-17(28)25-18/h2-3,7-8,16,27,29H,1,4-6,9-10H2,(H,25,28)/t16-,20+/m1/s1. The van der Waals surface area contributed by atoms with Gasteiger partial charge in [0.25, 0.3) is 0 Å². The lowest BCUT2D eigenvalue weighted by molar-refractivity contribution is -0.116. The molecule has 3 N–H and O–H groups in total. The number of nitrogens with zero attached hydrogens (tertiary/aromatic N) is 2. The lowest BCUT2D eigenvalue weighted by atomic mass is 9.89. The number of carbonyl (C=O) groups excluding carboxylic acids is 1. The molecule has 10 heteroatoms. The number of ether oxygens (including phenoxy) is 1. The second kappa shape index (κ2) is 8.19. The van der Waals surface area contributed by atoms with Gasteiger partial charge in [0.1, 0.15) is 35.7 Å². The predicted molar refractivity (Wildman–Crippen MR) is 111 cm³/mol. The number of hydrogen-bond acceptors (Lipinski definition) is 6. The van der Waals surface area contributed by atoms with Crippen LogP contribution in [0.25, 0.3) is 0 Å². The maximum absolute atomic E-state index is 14.0. The number of carbonyl (C=O) groups is 1. The molecular formula is C20H20Cl2FN3O4. The smallest absolute Gasteiger partial charge is 0.224 e. The Morgan fingerprint density at radius 1 is 1.37 bits per heavy atom. The molecule has 3 heterocycles. The molecule has 4 rings (SSSR count). The Morgan fingerprint density at radius 2 is 2.17 bits per heavy atom. The zero-order valence-electron chi connectivity index (χ0n) is 15.9. The van der Waals surface area contributed by atoms with Crippen molar-refractivity contribution in [2.24, 2.45) is 0 Å². The molecule has 2 aliphatic heterocycles. The van der Waals surface area contributed by atoms with E-state index in [-0.39, 0.29) is 37.6 Å². The molecular weight excluding hydrogens is 436 g/mol. The molecule has 1 saturated heterocycles.